The van der Waals surface area contributed by atoms with Gasteiger partial charge in [0.1, 0.15) is 0 Å². The molecule has 1 aromatic rings. The summed E-state index contributed by atoms with van der Waals surface area (Å²) in [6.45, 7) is 0. The SMILES string of the molecule is CI(I)c1cnccn1. The molecule has 0 spiro atoms. The third-order valence-electron chi connectivity index (χ3n) is 0.798. The summed E-state index contributed by atoms with van der Waals surface area (Å²) in [4.78, 5) is 10.4. The monoisotopic (exact) mass is 348 g/mol. The minimum absolute atomic E-state index is 0.884. The molecule has 0 N–H and O–H groups in total. The Balaban J connectivity index is 2.85. The first-order valence-electron chi connectivity index (χ1n) is 2.33. The second-order valence-electron chi connectivity index (χ2n) is 1.43. The van der Waals surface area contributed by atoms with Gasteiger partial charge in [-0.3, -0.25) is 0 Å². The Morgan fingerprint density at radius 1 is 1.56 bits per heavy atom. The van der Waals surface area contributed by atoms with Crippen molar-refractivity contribution in [2.24, 2.45) is 0 Å². The first kappa shape index (κ1) is 7.64. The van der Waals surface area contributed by atoms with Crippen LogP contribution in [0.5, 0.6) is 0 Å². The summed E-state index contributed by atoms with van der Waals surface area (Å²) in [6, 6.07) is 0. The van der Waals surface area contributed by atoms with Gasteiger partial charge in [-0.25, -0.2) is 0 Å². The molecule has 0 amide bonds. The summed E-state index contributed by atoms with van der Waals surface area (Å²) in [5.74, 6) is 0. The average Bonchev–Trinajstić information content (AvgIpc) is 1.90. The van der Waals surface area contributed by atoms with Crippen LogP contribution in [0.1, 0.15) is 0 Å². The Hall–Kier alpha value is 0.540. The Morgan fingerprint density at radius 3 is 2.67 bits per heavy atom. The van der Waals surface area contributed by atoms with Gasteiger partial charge in [0.2, 0.25) is 0 Å². The average molecular weight is 348 g/mol. The fourth-order valence-corrected chi connectivity index (χ4v) is 2.92. The minimum atomic E-state index is -0.884. The molecule has 9 heavy (non-hydrogen) atoms. The molecule has 0 radical (unpaired) electrons. The molecule has 1 heterocycles. The van der Waals surface area contributed by atoms with E-state index in [0.717, 1.165) is 0 Å². The fourth-order valence-electron chi connectivity index (χ4n) is 0.415. The summed E-state index contributed by atoms with van der Waals surface area (Å²) in [5.41, 5.74) is 0. The van der Waals surface area contributed by atoms with Gasteiger partial charge in [-0.1, -0.05) is 0 Å². The first-order valence-corrected chi connectivity index (χ1v) is 11.9. The quantitative estimate of drug-likeness (QED) is 0.574. The van der Waals surface area contributed by atoms with Crippen LogP contribution in [0.15, 0.2) is 18.6 Å². The van der Waals surface area contributed by atoms with Crippen LogP contribution in [-0.2, 0) is 0 Å². The molecule has 0 atom stereocenters. The van der Waals surface area contributed by atoms with Crippen molar-refractivity contribution < 1.29 is 0 Å². The van der Waals surface area contributed by atoms with Crippen LogP contribution >= 0.6 is 34.5 Å². The van der Waals surface area contributed by atoms with Crippen molar-refractivity contribution in [3.63, 3.8) is 0 Å². The van der Waals surface area contributed by atoms with E-state index in [0.29, 0.717) is 0 Å². The number of nitrogens with zero attached hydrogens (tertiary/aromatic N) is 2. The summed E-state index contributed by atoms with van der Waals surface area (Å²) < 4.78 is 1.20. The predicted molar refractivity (Wildman–Crippen MR) is 54.7 cm³/mol. The summed E-state index contributed by atoms with van der Waals surface area (Å²) in [6.07, 6.45) is 5.32. The van der Waals surface area contributed by atoms with E-state index in [1.807, 2.05) is 6.20 Å². The molecule has 0 aliphatic carbocycles. The van der Waals surface area contributed by atoms with Crippen molar-refractivity contribution in [2.45, 2.75) is 0 Å². The molecular formula is C5H6I2N2. The maximum absolute atomic E-state index is 4.18. The van der Waals surface area contributed by atoms with Gasteiger partial charge >= 0.3 is 71.6 Å². The number of aromatic nitrogens is 2. The van der Waals surface area contributed by atoms with Crippen LogP contribution in [0.3, 0.4) is 0 Å². The molecule has 2 nitrogen and oxygen atoms in total. The zero-order valence-corrected chi connectivity index (χ0v) is 9.20. The van der Waals surface area contributed by atoms with E-state index < -0.39 is 15.8 Å². The van der Waals surface area contributed by atoms with Gasteiger partial charge in [-0.05, 0) is 0 Å². The molecule has 50 valence electrons. The van der Waals surface area contributed by atoms with Gasteiger partial charge in [0.05, 0.1) is 0 Å². The van der Waals surface area contributed by atoms with Crippen molar-refractivity contribution >= 4 is 34.5 Å². The molecule has 0 aromatic carbocycles. The van der Waals surface area contributed by atoms with Gasteiger partial charge in [0, 0.05) is 0 Å². The maximum atomic E-state index is 4.18. The second kappa shape index (κ2) is 3.65. The topological polar surface area (TPSA) is 25.8 Å². The Morgan fingerprint density at radius 2 is 2.33 bits per heavy atom. The fraction of sp³-hybridized carbons (Fsp3) is 0.200. The van der Waals surface area contributed by atoms with E-state index in [1.165, 1.54) is 3.70 Å². The zero-order chi connectivity index (χ0) is 6.69. The number of rotatable bonds is 1. The van der Waals surface area contributed by atoms with Crippen LogP contribution in [0, 0.1) is 3.70 Å². The van der Waals surface area contributed by atoms with Gasteiger partial charge in [0.25, 0.3) is 0 Å². The molecule has 0 aliphatic rings. The number of halogens is 2. The molecular weight excluding hydrogens is 342 g/mol. The van der Waals surface area contributed by atoms with Crippen molar-refractivity contribution in [3.8, 4) is 0 Å². The van der Waals surface area contributed by atoms with Crippen LogP contribution < -0.4 is 0 Å². The molecule has 0 saturated heterocycles. The second-order valence-corrected chi connectivity index (χ2v) is 13.0. The first-order chi connectivity index (χ1) is 4.30. The van der Waals surface area contributed by atoms with Crippen LogP contribution in [-0.4, -0.2) is 14.9 Å². The summed E-state index contributed by atoms with van der Waals surface area (Å²) in [7, 11) is 0. The van der Waals surface area contributed by atoms with Gasteiger partial charge in [-0.2, -0.15) is 0 Å². The molecule has 4 heteroatoms. The molecule has 0 fully saturated rings. The predicted octanol–water partition coefficient (Wildman–Crippen LogP) is 2.13. The summed E-state index contributed by atoms with van der Waals surface area (Å²) >= 11 is 1.58. The van der Waals surface area contributed by atoms with Gasteiger partial charge < -0.3 is 0 Å². The summed E-state index contributed by atoms with van der Waals surface area (Å²) in [5, 5.41) is 0. The van der Waals surface area contributed by atoms with E-state index in [1.54, 1.807) is 12.4 Å². The van der Waals surface area contributed by atoms with E-state index in [-0.39, 0.29) is 0 Å². The Kier molecular flexibility index (Phi) is 3.10. The van der Waals surface area contributed by atoms with E-state index in [2.05, 4.69) is 33.5 Å². The number of hydrogen-bond donors (Lipinski definition) is 0. The normalized spacial score (nSPS) is 11.1. The molecule has 0 unspecified atom stereocenters. The molecule has 0 aliphatic heterocycles. The third-order valence-corrected chi connectivity index (χ3v) is 5.68. The Labute approximate surface area is 71.0 Å². The van der Waals surface area contributed by atoms with Crippen LogP contribution in [0.2, 0.25) is 0 Å². The molecule has 1 rings (SSSR count). The zero-order valence-electron chi connectivity index (χ0n) is 4.88. The van der Waals surface area contributed by atoms with Crippen LogP contribution in [0.4, 0.5) is 0 Å². The van der Waals surface area contributed by atoms with Crippen molar-refractivity contribution in [2.75, 3.05) is 4.93 Å². The van der Waals surface area contributed by atoms with Crippen molar-refractivity contribution in [3.05, 3.63) is 22.3 Å². The van der Waals surface area contributed by atoms with E-state index in [4.69, 9.17) is 0 Å². The van der Waals surface area contributed by atoms with Crippen molar-refractivity contribution in [1.82, 2.24) is 9.97 Å². The molecule has 1 aromatic heterocycles. The third kappa shape index (κ3) is 2.32. The standard InChI is InChI=1S/C5H6I2N2/c1-7(6)5-4-8-2-3-9-5/h2-4H,1H3. The van der Waals surface area contributed by atoms with Crippen LogP contribution in [0.25, 0.3) is 0 Å². The number of hydrogen-bond acceptors (Lipinski definition) is 2. The van der Waals surface area contributed by atoms with E-state index in [9.17, 15) is 0 Å². The van der Waals surface area contributed by atoms with Crippen molar-refractivity contribution in [1.29, 1.82) is 0 Å². The molecule has 0 saturated carbocycles. The van der Waals surface area contributed by atoms with Gasteiger partial charge in [0.15, 0.2) is 0 Å². The van der Waals surface area contributed by atoms with E-state index >= 15 is 0 Å². The Bertz CT molecular complexity index is 176. The van der Waals surface area contributed by atoms with Gasteiger partial charge in [-0.15, -0.1) is 0 Å². The molecule has 0 bridgehead atoms. The number of alkyl halides is 1.